The standard InChI is InChI=1S/C17H25NO5S/c1-22-15-6-5-14(10-16(15)23-2)11-17(19)18-8-3-4-13-7-9-24(20,21)12-13/h5-6,10,13H,3-4,7-9,11-12H2,1-2H3,(H,18,19). The summed E-state index contributed by atoms with van der Waals surface area (Å²) in [5.41, 5.74) is 0.854. The van der Waals surface area contributed by atoms with Gasteiger partial charge in [0.15, 0.2) is 21.3 Å². The molecule has 24 heavy (non-hydrogen) atoms. The van der Waals surface area contributed by atoms with E-state index >= 15 is 0 Å². The van der Waals surface area contributed by atoms with Crippen LogP contribution in [0.3, 0.4) is 0 Å². The largest absolute Gasteiger partial charge is 0.493 e. The molecule has 7 heteroatoms. The predicted octanol–water partition coefficient (Wildman–Crippen LogP) is 1.58. The molecule has 1 N–H and O–H groups in total. The van der Waals surface area contributed by atoms with Gasteiger partial charge < -0.3 is 14.8 Å². The normalized spacial score (nSPS) is 19.0. The maximum absolute atomic E-state index is 12.0. The molecule has 0 spiro atoms. The molecule has 1 heterocycles. The first kappa shape index (κ1) is 18.6. The van der Waals surface area contributed by atoms with Crippen LogP contribution in [-0.4, -0.2) is 46.6 Å². The van der Waals surface area contributed by atoms with Gasteiger partial charge in [-0.15, -0.1) is 0 Å². The number of carbonyl (C=O) groups excluding carboxylic acids is 1. The number of hydrogen-bond acceptors (Lipinski definition) is 5. The minimum Gasteiger partial charge on any atom is -0.493 e. The number of benzene rings is 1. The Hall–Kier alpha value is -1.76. The third kappa shape index (κ3) is 5.40. The zero-order valence-corrected chi connectivity index (χ0v) is 15.0. The Kier molecular flexibility index (Phi) is 6.48. The third-order valence-electron chi connectivity index (χ3n) is 4.25. The van der Waals surface area contributed by atoms with E-state index in [1.807, 2.05) is 6.07 Å². The van der Waals surface area contributed by atoms with E-state index in [4.69, 9.17) is 9.47 Å². The van der Waals surface area contributed by atoms with Gasteiger partial charge in [-0.05, 0) is 42.9 Å². The molecule has 1 fully saturated rings. The van der Waals surface area contributed by atoms with Gasteiger partial charge in [0, 0.05) is 6.54 Å². The molecule has 1 amide bonds. The second-order valence-electron chi connectivity index (χ2n) is 6.13. The van der Waals surface area contributed by atoms with Crippen molar-refractivity contribution < 1.29 is 22.7 Å². The molecular weight excluding hydrogens is 330 g/mol. The average molecular weight is 355 g/mol. The lowest BCUT2D eigenvalue weighted by Crippen LogP contribution is -2.26. The molecule has 0 radical (unpaired) electrons. The van der Waals surface area contributed by atoms with Crippen LogP contribution in [-0.2, 0) is 21.1 Å². The van der Waals surface area contributed by atoms with Gasteiger partial charge in [-0.3, -0.25) is 4.79 Å². The molecule has 1 aromatic carbocycles. The Balaban J connectivity index is 1.72. The molecule has 0 aliphatic carbocycles. The van der Waals surface area contributed by atoms with Crippen LogP contribution < -0.4 is 14.8 Å². The lowest BCUT2D eigenvalue weighted by molar-refractivity contribution is -0.120. The smallest absolute Gasteiger partial charge is 0.224 e. The molecule has 134 valence electrons. The number of nitrogens with one attached hydrogen (secondary N) is 1. The second-order valence-corrected chi connectivity index (χ2v) is 8.36. The van der Waals surface area contributed by atoms with Crippen molar-refractivity contribution in [1.29, 1.82) is 0 Å². The summed E-state index contributed by atoms with van der Waals surface area (Å²) in [4.78, 5) is 12.0. The molecular formula is C17H25NO5S. The van der Waals surface area contributed by atoms with E-state index in [1.165, 1.54) is 0 Å². The molecule has 1 atom stereocenters. The predicted molar refractivity (Wildman–Crippen MR) is 92.3 cm³/mol. The summed E-state index contributed by atoms with van der Waals surface area (Å²) in [6.07, 6.45) is 2.67. The first-order valence-corrected chi connectivity index (χ1v) is 9.93. The van der Waals surface area contributed by atoms with Crippen molar-refractivity contribution in [2.75, 3.05) is 32.3 Å². The van der Waals surface area contributed by atoms with Gasteiger partial charge in [-0.2, -0.15) is 0 Å². The summed E-state index contributed by atoms with van der Waals surface area (Å²) in [5, 5.41) is 2.88. The first-order chi connectivity index (χ1) is 11.4. The number of sulfone groups is 1. The molecule has 0 aromatic heterocycles. The van der Waals surface area contributed by atoms with Crippen LogP contribution in [0.5, 0.6) is 11.5 Å². The van der Waals surface area contributed by atoms with Crippen molar-refractivity contribution in [2.24, 2.45) is 5.92 Å². The highest BCUT2D eigenvalue weighted by atomic mass is 32.2. The van der Waals surface area contributed by atoms with Gasteiger partial charge in [-0.1, -0.05) is 6.07 Å². The van der Waals surface area contributed by atoms with E-state index < -0.39 is 9.84 Å². The minimum atomic E-state index is -2.81. The van der Waals surface area contributed by atoms with Crippen LogP contribution in [0.15, 0.2) is 18.2 Å². The highest BCUT2D eigenvalue weighted by molar-refractivity contribution is 7.91. The monoisotopic (exact) mass is 355 g/mol. The van der Waals surface area contributed by atoms with E-state index in [0.717, 1.165) is 24.8 Å². The minimum absolute atomic E-state index is 0.0544. The van der Waals surface area contributed by atoms with Crippen molar-refractivity contribution in [3.63, 3.8) is 0 Å². The summed E-state index contributed by atoms with van der Waals surface area (Å²) in [6.45, 7) is 0.572. The highest BCUT2D eigenvalue weighted by Gasteiger charge is 2.27. The van der Waals surface area contributed by atoms with E-state index in [0.29, 0.717) is 29.5 Å². The van der Waals surface area contributed by atoms with Gasteiger partial charge >= 0.3 is 0 Å². The Morgan fingerprint density at radius 3 is 2.62 bits per heavy atom. The van der Waals surface area contributed by atoms with E-state index in [9.17, 15) is 13.2 Å². The van der Waals surface area contributed by atoms with Crippen molar-refractivity contribution in [3.05, 3.63) is 23.8 Å². The van der Waals surface area contributed by atoms with Gasteiger partial charge in [0.2, 0.25) is 5.91 Å². The number of rotatable bonds is 8. The van der Waals surface area contributed by atoms with Gasteiger partial charge in [0.05, 0.1) is 32.1 Å². The van der Waals surface area contributed by atoms with E-state index in [2.05, 4.69) is 5.32 Å². The topological polar surface area (TPSA) is 81.7 Å². The maximum Gasteiger partial charge on any atom is 0.224 e. The SMILES string of the molecule is COc1ccc(CC(=O)NCCCC2CCS(=O)(=O)C2)cc1OC. The molecule has 2 rings (SSSR count). The molecule has 0 bridgehead atoms. The van der Waals surface area contributed by atoms with Gasteiger partial charge in [0.1, 0.15) is 0 Å². The molecule has 1 aromatic rings. The number of methoxy groups -OCH3 is 2. The van der Waals surface area contributed by atoms with Crippen LogP contribution in [0.25, 0.3) is 0 Å². The van der Waals surface area contributed by atoms with E-state index in [-0.39, 0.29) is 18.2 Å². The average Bonchev–Trinajstić information content (AvgIpc) is 2.90. The number of amides is 1. The highest BCUT2D eigenvalue weighted by Crippen LogP contribution is 2.27. The first-order valence-electron chi connectivity index (χ1n) is 8.11. The van der Waals surface area contributed by atoms with Crippen LogP contribution in [0.4, 0.5) is 0 Å². The van der Waals surface area contributed by atoms with Crippen LogP contribution in [0.1, 0.15) is 24.8 Å². The van der Waals surface area contributed by atoms with Crippen LogP contribution >= 0.6 is 0 Å². The Morgan fingerprint density at radius 1 is 1.25 bits per heavy atom. The summed E-state index contributed by atoms with van der Waals surface area (Å²) in [7, 11) is 0.318. The molecule has 1 unspecified atom stereocenters. The summed E-state index contributed by atoms with van der Waals surface area (Å²) < 4.78 is 33.2. The second kappa shape index (κ2) is 8.37. The number of carbonyl (C=O) groups is 1. The van der Waals surface area contributed by atoms with Crippen LogP contribution in [0, 0.1) is 5.92 Å². The number of ether oxygens (including phenoxy) is 2. The summed E-state index contributed by atoms with van der Waals surface area (Å²) >= 11 is 0. The van der Waals surface area contributed by atoms with Crippen molar-refractivity contribution in [2.45, 2.75) is 25.7 Å². The molecule has 1 saturated heterocycles. The van der Waals surface area contributed by atoms with Crippen molar-refractivity contribution in [1.82, 2.24) is 5.32 Å². The fraction of sp³-hybridized carbons (Fsp3) is 0.588. The molecule has 1 aliphatic heterocycles. The summed E-state index contributed by atoms with van der Waals surface area (Å²) in [5.74, 6) is 2.04. The molecule has 6 nitrogen and oxygen atoms in total. The number of hydrogen-bond donors (Lipinski definition) is 1. The quantitative estimate of drug-likeness (QED) is 0.716. The Bertz CT molecular complexity index is 672. The zero-order chi connectivity index (χ0) is 17.6. The van der Waals surface area contributed by atoms with Crippen LogP contribution in [0.2, 0.25) is 0 Å². The third-order valence-corrected chi connectivity index (χ3v) is 6.09. The lowest BCUT2D eigenvalue weighted by Gasteiger charge is -2.10. The van der Waals surface area contributed by atoms with Crippen molar-refractivity contribution in [3.8, 4) is 11.5 Å². The fourth-order valence-electron chi connectivity index (χ4n) is 2.96. The molecule has 0 saturated carbocycles. The van der Waals surface area contributed by atoms with Crippen molar-refractivity contribution >= 4 is 15.7 Å². The maximum atomic E-state index is 12.0. The Morgan fingerprint density at radius 2 is 2.00 bits per heavy atom. The Labute approximate surface area is 143 Å². The lowest BCUT2D eigenvalue weighted by atomic mass is 10.0. The summed E-state index contributed by atoms with van der Waals surface area (Å²) in [6, 6.07) is 5.41. The van der Waals surface area contributed by atoms with Gasteiger partial charge in [-0.25, -0.2) is 8.42 Å². The zero-order valence-electron chi connectivity index (χ0n) is 14.2. The van der Waals surface area contributed by atoms with E-state index in [1.54, 1.807) is 26.4 Å². The van der Waals surface area contributed by atoms with Gasteiger partial charge in [0.25, 0.3) is 0 Å². The fourth-order valence-corrected chi connectivity index (χ4v) is 4.87. The molecule has 1 aliphatic rings.